The van der Waals surface area contributed by atoms with Crippen molar-refractivity contribution in [1.29, 1.82) is 5.26 Å². The molecular formula is C17H20N2O2. The van der Waals surface area contributed by atoms with E-state index >= 15 is 0 Å². The monoisotopic (exact) mass is 284 g/mol. The predicted octanol–water partition coefficient (Wildman–Crippen LogP) is 2.37. The van der Waals surface area contributed by atoms with E-state index in [0.717, 1.165) is 12.8 Å². The van der Waals surface area contributed by atoms with Crippen LogP contribution in [0.2, 0.25) is 0 Å². The third kappa shape index (κ3) is 2.93. The van der Waals surface area contributed by atoms with Gasteiger partial charge in [0.25, 0.3) is 5.91 Å². The van der Waals surface area contributed by atoms with E-state index in [0.29, 0.717) is 31.6 Å². The molecule has 1 N–H and O–H groups in total. The van der Waals surface area contributed by atoms with Gasteiger partial charge in [-0.3, -0.25) is 4.79 Å². The van der Waals surface area contributed by atoms with E-state index in [1.54, 1.807) is 0 Å². The summed E-state index contributed by atoms with van der Waals surface area (Å²) >= 11 is 0. The van der Waals surface area contributed by atoms with Gasteiger partial charge in [0.05, 0.1) is 6.07 Å². The van der Waals surface area contributed by atoms with Crippen LogP contribution in [0, 0.1) is 11.3 Å². The first kappa shape index (κ1) is 14.1. The fourth-order valence-electron chi connectivity index (χ4n) is 3.15. The fourth-order valence-corrected chi connectivity index (χ4v) is 3.15. The molecule has 0 atom stereocenters. The Hall–Kier alpha value is -1.86. The average molecular weight is 284 g/mol. The molecule has 0 unspecified atom stereocenters. The number of benzene rings is 1. The Balaban J connectivity index is 1.77. The molecule has 4 heteroatoms. The standard InChI is InChI=1S/C17H20N2O2/c18-12-17(7-9-21-10-8-17)19-16(20)15-6-5-13-3-1-2-4-14(13)11-15/h5-6,11H,1-4,7-10H2,(H,19,20). The second-order valence-electron chi connectivity index (χ2n) is 5.95. The molecule has 21 heavy (non-hydrogen) atoms. The first-order valence-corrected chi connectivity index (χ1v) is 7.66. The van der Waals surface area contributed by atoms with E-state index in [4.69, 9.17) is 4.74 Å². The first-order chi connectivity index (χ1) is 10.2. The Morgan fingerprint density at radius 3 is 2.62 bits per heavy atom. The van der Waals surface area contributed by atoms with Crippen LogP contribution in [0.25, 0.3) is 0 Å². The fraction of sp³-hybridized carbons (Fsp3) is 0.529. The summed E-state index contributed by atoms with van der Waals surface area (Å²) in [7, 11) is 0. The highest BCUT2D eigenvalue weighted by molar-refractivity contribution is 5.95. The number of nitrogens with one attached hydrogen (secondary N) is 1. The Bertz CT molecular complexity index is 583. The van der Waals surface area contributed by atoms with Crippen LogP contribution in [0.4, 0.5) is 0 Å². The maximum atomic E-state index is 12.5. The Morgan fingerprint density at radius 2 is 1.90 bits per heavy atom. The molecule has 110 valence electrons. The smallest absolute Gasteiger partial charge is 0.252 e. The highest BCUT2D eigenvalue weighted by atomic mass is 16.5. The van der Waals surface area contributed by atoms with Gasteiger partial charge in [-0.15, -0.1) is 0 Å². The van der Waals surface area contributed by atoms with Crippen molar-refractivity contribution in [2.24, 2.45) is 0 Å². The number of hydrogen-bond acceptors (Lipinski definition) is 3. The van der Waals surface area contributed by atoms with Gasteiger partial charge >= 0.3 is 0 Å². The SMILES string of the molecule is N#CC1(NC(=O)c2ccc3c(c2)CCCC3)CCOCC1. The molecule has 0 radical (unpaired) electrons. The van der Waals surface area contributed by atoms with Gasteiger partial charge in [0.2, 0.25) is 0 Å². The summed E-state index contributed by atoms with van der Waals surface area (Å²) in [5, 5.41) is 12.3. The number of aryl methyl sites for hydroxylation is 2. The maximum Gasteiger partial charge on any atom is 0.252 e. The molecule has 1 saturated heterocycles. The molecule has 2 aliphatic rings. The number of amides is 1. The molecule has 0 saturated carbocycles. The Labute approximate surface area is 125 Å². The molecule has 1 aromatic carbocycles. The van der Waals surface area contributed by atoms with Crippen molar-refractivity contribution in [2.45, 2.75) is 44.1 Å². The lowest BCUT2D eigenvalue weighted by Crippen LogP contribution is -2.50. The van der Waals surface area contributed by atoms with Crippen LogP contribution in [-0.4, -0.2) is 24.7 Å². The highest BCUT2D eigenvalue weighted by Gasteiger charge is 2.34. The van der Waals surface area contributed by atoms with Gasteiger partial charge in [-0.1, -0.05) is 6.07 Å². The molecule has 1 aliphatic heterocycles. The largest absolute Gasteiger partial charge is 0.381 e. The molecule has 1 aromatic rings. The zero-order valence-corrected chi connectivity index (χ0v) is 12.2. The summed E-state index contributed by atoms with van der Waals surface area (Å²) in [5.74, 6) is -0.146. The van der Waals surface area contributed by atoms with Crippen molar-refractivity contribution in [3.8, 4) is 6.07 Å². The minimum Gasteiger partial charge on any atom is -0.381 e. The topological polar surface area (TPSA) is 62.1 Å². The molecule has 1 fully saturated rings. The number of fused-ring (bicyclic) bond motifs is 1. The molecule has 1 amide bonds. The number of nitriles is 1. The zero-order valence-electron chi connectivity index (χ0n) is 12.2. The number of nitrogens with zero attached hydrogens (tertiary/aromatic N) is 1. The van der Waals surface area contributed by atoms with Gasteiger partial charge in [-0.25, -0.2) is 0 Å². The van der Waals surface area contributed by atoms with Gasteiger partial charge < -0.3 is 10.1 Å². The van der Waals surface area contributed by atoms with Crippen LogP contribution in [0.1, 0.15) is 47.2 Å². The van der Waals surface area contributed by atoms with Crippen molar-refractivity contribution in [3.63, 3.8) is 0 Å². The van der Waals surface area contributed by atoms with Gasteiger partial charge in [0.15, 0.2) is 0 Å². The quantitative estimate of drug-likeness (QED) is 0.907. The number of carbonyl (C=O) groups is 1. The van der Waals surface area contributed by atoms with Crippen LogP contribution in [0.5, 0.6) is 0 Å². The van der Waals surface area contributed by atoms with Crippen LogP contribution in [0.15, 0.2) is 18.2 Å². The van der Waals surface area contributed by atoms with Gasteiger partial charge in [0.1, 0.15) is 5.54 Å². The van der Waals surface area contributed by atoms with E-state index in [1.165, 1.54) is 24.0 Å². The third-order valence-corrected chi connectivity index (χ3v) is 4.52. The van der Waals surface area contributed by atoms with Gasteiger partial charge in [-0.2, -0.15) is 5.26 Å². The molecule has 0 spiro atoms. The lowest BCUT2D eigenvalue weighted by Gasteiger charge is -2.31. The third-order valence-electron chi connectivity index (χ3n) is 4.52. The van der Waals surface area contributed by atoms with Crippen molar-refractivity contribution in [2.75, 3.05) is 13.2 Å². The van der Waals surface area contributed by atoms with Crippen molar-refractivity contribution < 1.29 is 9.53 Å². The summed E-state index contributed by atoms with van der Waals surface area (Å²) in [6.45, 7) is 1.05. The summed E-state index contributed by atoms with van der Waals surface area (Å²) in [6.07, 6.45) is 5.69. The Kier molecular flexibility index (Phi) is 3.94. The van der Waals surface area contributed by atoms with E-state index < -0.39 is 5.54 Å². The van der Waals surface area contributed by atoms with Crippen LogP contribution in [-0.2, 0) is 17.6 Å². The first-order valence-electron chi connectivity index (χ1n) is 7.66. The lowest BCUT2D eigenvalue weighted by atomic mass is 9.89. The highest BCUT2D eigenvalue weighted by Crippen LogP contribution is 2.24. The van der Waals surface area contributed by atoms with Crippen LogP contribution in [0.3, 0.4) is 0 Å². The normalized spacial score (nSPS) is 20.1. The molecule has 0 aromatic heterocycles. The number of rotatable bonds is 2. The number of hydrogen-bond donors (Lipinski definition) is 1. The number of carbonyl (C=O) groups excluding carboxylic acids is 1. The van der Waals surface area contributed by atoms with Crippen molar-refractivity contribution >= 4 is 5.91 Å². The maximum absolute atomic E-state index is 12.5. The molecular weight excluding hydrogens is 264 g/mol. The zero-order chi connectivity index (χ0) is 14.7. The Morgan fingerprint density at radius 1 is 1.19 bits per heavy atom. The van der Waals surface area contributed by atoms with E-state index in [9.17, 15) is 10.1 Å². The molecule has 1 aliphatic carbocycles. The summed E-state index contributed by atoms with van der Waals surface area (Å²) < 4.78 is 5.29. The van der Waals surface area contributed by atoms with Crippen LogP contribution < -0.4 is 5.32 Å². The predicted molar refractivity (Wildman–Crippen MR) is 78.9 cm³/mol. The van der Waals surface area contributed by atoms with E-state index in [-0.39, 0.29) is 5.91 Å². The summed E-state index contributed by atoms with van der Waals surface area (Å²) in [4.78, 5) is 12.5. The second kappa shape index (κ2) is 5.87. The van der Waals surface area contributed by atoms with E-state index in [2.05, 4.69) is 17.5 Å². The summed E-state index contributed by atoms with van der Waals surface area (Å²) in [6, 6.07) is 8.20. The molecule has 4 nitrogen and oxygen atoms in total. The van der Waals surface area contributed by atoms with Gasteiger partial charge in [0, 0.05) is 31.6 Å². The minimum absolute atomic E-state index is 0.146. The summed E-state index contributed by atoms with van der Waals surface area (Å²) in [5.41, 5.74) is 2.54. The van der Waals surface area contributed by atoms with E-state index in [1.807, 2.05) is 12.1 Å². The number of ether oxygens (including phenoxy) is 1. The molecule has 1 heterocycles. The van der Waals surface area contributed by atoms with Gasteiger partial charge in [-0.05, 0) is 48.9 Å². The molecule has 0 bridgehead atoms. The van der Waals surface area contributed by atoms with Crippen molar-refractivity contribution in [1.82, 2.24) is 5.32 Å². The lowest BCUT2D eigenvalue weighted by molar-refractivity contribution is 0.0531. The minimum atomic E-state index is -0.773. The van der Waals surface area contributed by atoms with Crippen molar-refractivity contribution in [3.05, 3.63) is 34.9 Å². The second-order valence-corrected chi connectivity index (χ2v) is 5.95. The average Bonchev–Trinajstić information content (AvgIpc) is 2.55. The van der Waals surface area contributed by atoms with Crippen LogP contribution >= 0.6 is 0 Å². The molecule has 3 rings (SSSR count).